The van der Waals surface area contributed by atoms with Crippen LogP contribution in [0.5, 0.6) is 0 Å². The molecular formula is C13H18N2O2. The minimum Gasteiger partial charge on any atom is -0.375 e. The van der Waals surface area contributed by atoms with Gasteiger partial charge in [0, 0.05) is 25.8 Å². The Hall–Kier alpha value is -1.39. The molecule has 1 unspecified atom stereocenters. The van der Waals surface area contributed by atoms with Crippen LogP contribution in [0.1, 0.15) is 23.7 Å². The maximum absolute atomic E-state index is 11.3. The van der Waals surface area contributed by atoms with E-state index in [1.165, 1.54) is 5.56 Å². The van der Waals surface area contributed by atoms with Gasteiger partial charge in [0.1, 0.15) is 0 Å². The van der Waals surface area contributed by atoms with Gasteiger partial charge in [-0.25, -0.2) is 0 Å². The lowest BCUT2D eigenvalue weighted by Crippen LogP contribution is -2.21. The van der Waals surface area contributed by atoms with Crippen molar-refractivity contribution in [1.29, 1.82) is 0 Å². The van der Waals surface area contributed by atoms with Gasteiger partial charge in [-0.3, -0.25) is 4.79 Å². The number of anilines is 1. The number of carbonyl (C=O) groups is 1. The molecule has 1 aliphatic rings. The van der Waals surface area contributed by atoms with Crippen LogP contribution >= 0.6 is 0 Å². The molecule has 4 heteroatoms. The normalized spacial score (nSPS) is 16.2. The van der Waals surface area contributed by atoms with Crippen LogP contribution in [0.4, 0.5) is 5.69 Å². The molecule has 2 rings (SSSR count). The first-order valence-electron chi connectivity index (χ1n) is 5.84. The first-order valence-corrected chi connectivity index (χ1v) is 5.84. The second-order valence-corrected chi connectivity index (χ2v) is 4.25. The number of hydrogen-bond acceptors (Lipinski definition) is 3. The molecule has 1 atom stereocenters. The van der Waals surface area contributed by atoms with Crippen LogP contribution in [0, 0.1) is 0 Å². The number of rotatable bonds is 4. The van der Waals surface area contributed by atoms with E-state index < -0.39 is 0 Å². The summed E-state index contributed by atoms with van der Waals surface area (Å²) in [5.41, 5.74) is 3.28. The standard InChI is InChI=1S/C13H18N2O2/c1-14-8-12(17-2)10-3-5-11-9(7-10)4-6-13(16)15-11/h3,5,7,12,14H,4,6,8H2,1-2H3,(H,15,16). The van der Waals surface area contributed by atoms with Gasteiger partial charge in [0.05, 0.1) is 6.10 Å². The lowest BCUT2D eigenvalue weighted by Gasteiger charge is -2.21. The van der Waals surface area contributed by atoms with E-state index >= 15 is 0 Å². The molecular weight excluding hydrogens is 216 g/mol. The van der Waals surface area contributed by atoms with E-state index in [9.17, 15) is 4.79 Å². The zero-order chi connectivity index (χ0) is 12.3. The molecule has 1 amide bonds. The number of ether oxygens (including phenoxy) is 1. The minimum absolute atomic E-state index is 0.0583. The lowest BCUT2D eigenvalue weighted by molar-refractivity contribution is -0.116. The van der Waals surface area contributed by atoms with Crippen molar-refractivity contribution >= 4 is 11.6 Å². The summed E-state index contributed by atoms with van der Waals surface area (Å²) in [4.78, 5) is 11.3. The van der Waals surface area contributed by atoms with Gasteiger partial charge in [0.25, 0.3) is 0 Å². The molecule has 1 aromatic rings. The maximum Gasteiger partial charge on any atom is 0.224 e. The van der Waals surface area contributed by atoms with Crippen molar-refractivity contribution in [3.63, 3.8) is 0 Å². The molecule has 1 heterocycles. The fourth-order valence-electron chi connectivity index (χ4n) is 2.13. The fourth-order valence-corrected chi connectivity index (χ4v) is 2.13. The van der Waals surface area contributed by atoms with E-state index in [0.29, 0.717) is 6.42 Å². The molecule has 1 aromatic carbocycles. The van der Waals surface area contributed by atoms with Crippen LogP contribution in [0.15, 0.2) is 18.2 Å². The molecule has 0 spiro atoms. The Morgan fingerprint density at radius 2 is 2.29 bits per heavy atom. The van der Waals surface area contributed by atoms with Crippen LogP contribution in [-0.4, -0.2) is 26.6 Å². The second-order valence-electron chi connectivity index (χ2n) is 4.25. The Kier molecular flexibility index (Phi) is 3.76. The summed E-state index contributed by atoms with van der Waals surface area (Å²) in [5, 5.41) is 5.99. The van der Waals surface area contributed by atoms with Crippen LogP contribution in [-0.2, 0) is 16.0 Å². The third-order valence-electron chi connectivity index (χ3n) is 3.07. The summed E-state index contributed by atoms with van der Waals surface area (Å²) in [7, 11) is 3.62. The SMILES string of the molecule is CNCC(OC)c1ccc2c(c1)CCC(=O)N2. The number of hydrogen-bond donors (Lipinski definition) is 2. The molecule has 0 aromatic heterocycles. The number of amides is 1. The summed E-state index contributed by atoms with van der Waals surface area (Å²) < 4.78 is 5.44. The van der Waals surface area contributed by atoms with Crippen LogP contribution in [0.25, 0.3) is 0 Å². The van der Waals surface area contributed by atoms with E-state index in [0.717, 1.165) is 24.2 Å². The smallest absolute Gasteiger partial charge is 0.224 e. The molecule has 17 heavy (non-hydrogen) atoms. The van der Waals surface area contributed by atoms with Crippen LogP contribution in [0.2, 0.25) is 0 Å². The largest absolute Gasteiger partial charge is 0.375 e. The van der Waals surface area contributed by atoms with E-state index in [1.807, 2.05) is 19.2 Å². The first kappa shape index (κ1) is 12.1. The molecule has 1 aliphatic heterocycles. The molecule has 0 saturated carbocycles. The molecule has 0 radical (unpaired) electrons. The number of nitrogens with one attached hydrogen (secondary N) is 2. The van der Waals surface area contributed by atoms with Crippen molar-refractivity contribution in [3.05, 3.63) is 29.3 Å². The van der Waals surface area contributed by atoms with Crippen molar-refractivity contribution in [3.8, 4) is 0 Å². The molecule has 0 saturated heterocycles. The Morgan fingerprint density at radius 1 is 1.47 bits per heavy atom. The molecule has 2 N–H and O–H groups in total. The van der Waals surface area contributed by atoms with E-state index in [2.05, 4.69) is 16.7 Å². The Bertz CT molecular complexity index is 418. The highest BCUT2D eigenvalue weighted by Gasteiger charge is 2.17. The predicted octanol–water partition coefficient (Wildman–Crippen LogP) is 1.48. The number of methoxy groups -OCH3 is 1. The van der Waals surface area contributed by atoms with Gasteiger partial charge < -0.3 is 15.4 Å². The quantitative estimate of drug-likeness (QED) is 0.829. The third-order valence-corrected chi connectivity index (χ3v) is 3.07. The zero-order valence-electron chi connectivity index (χ0n) is 10.2. The Labute approximate surface area is 101 Å². The van der Waals surface area contributed by atoms with Gasteiger partial charge >= 0.3 is 0 Å². The summed E-state index contributed by atoms with van der Waals surface area (Å²) >= 11 is 0. The molecule has 0 fully saturated rings. The van der Waals surface area contributed by atoms with E-state index in [4.69, 9.17) is 4.74 Å². The average Bonchev–Trinajstić information content (AvgIpc) is 2.35. The summed E-state index contributed by atoms with van der Waals surface area (Å²) in [6, 6.07) is 6.10. The third kappa shape index (κ3) is 2.65. The van der Waals surface area contributed by atoms with Gasteiger partial charge in [-0.15, -0.1) is 0 Å². The molecule has 4 nitrogen and oxygen atoms in total. The highest BCUT2D eigenvalue weighted by atomic mass is 16.5. The summed E-state index contributed by atoms with van der Waals surface area (Å²) in [6.45, 7) is 0.779. The van der Waals surface area contributed by atoms with Gasteiger partial charge in [0.15, 0.2) is 0 Å². The van der Waals surface area contributed by atoms with Gasteiger partial charge in [-0.1, -0.05) is 12.1 Å². The second kappa shape index (κ2) is 5.29. The summed E-state index contributed by atoms with van der Waals surface area (Å²) in [5.74, 6) is 0.101. The minimum atomic E-state index is 0.0583. The van der Waals surface area contributed by atoms with Crippen molar-refractivity contribution in [1.82, 2.24) is 5.32 Å². The molecule has 0 bridgehead atoms. The summed E-state index contributed by atoms with van der Waals surface area (Å²) in [6.07, 6.45) is 1.44. The Morgan fingerprint density at radius 3 is 3.00 bits per heavy atom. The van der Waals surface area contributed by atoms with Crippen LogP contribution in [0.3, 0.4) is 0 Å². The lowest BCUT2D eigenvalue weighted by atomic mass is 9.98. The number of carbonyl (C=O) groups excluding carboxylic acids is 1. The van der Waals surface area contributed by atoms with Gasteiger partial charge in [-0.05, 0) is 30.7 Å². The maximum atomic E-state index is 11.3. The monoisotopic (exact) mass is 234 g/mol. The topological polar surface area (TPSA) is 50.4 Å². The van der Waals surface area contributed by atoms with Gasteiger partial charge in [-0.2, -0.15) is 0 Å². The van der Waals surface area contributed by atoms with E-state index in [-0.39, 0.29) is 12.0 Å². The number of fused-ring (bicyclic) bond motifs is 1. The van der Waals surface area contributed by atoms with Crippen molar-refractivity contribution in [2.75, 3.05) is 26.0 Å². The highest BCUT2D eigenvalue weighted by molar-refractivity contribution is 5.93. The first-order chi connectivity index (χ1) is 8.24. The van der Waals surface area contributed by atoms with Crippen LogP contribution < -0.4 is 10.6 Å². The van der Waals surface area contributed by atoms with Crippen molar-refractivity contribution < 1.29 is 9.53 Å². The fraction of sp³-hybridized carbons (Fsp3) is 0.462. The predicted molar refractivity (Wildman–Crippen MR) is 67.1 cm³/mol. The number of likely N-dealkylation sites (N-methyl/N-ethyl adjacent to an activating group) is 1. The van der Waals surface area contributed by atoms with Gasteiger partial charge in [0.2, 0.25) is 5.91 Å². The van der Waals surface area contributed by atoms with E-state index in [1.54, 1.807) is 7.11 Å². The average molecular weight is 234 g/mol. The highest BCUT2D eigenvalue weighted by Crippen LogP contribution is 2.26. The number of aryl methyl sites for hydroxylation is 1. The molecule has 0 aliphatic carbocycles. The van der Waals surface area contributed by atoms with Crippen molar-refractivity contribution in [2.45, 2.75) is 18.9 Å². The Balaban J connectivity index is 2.23. The van der Waals surface area contributed by atoms with Crippen molar-refractivity contribution in [2.24, 2.45) is 0 Å². The zero-order valence-corrected chi connectivity index (χ0v) is 10.2. The molecule has 92 valence electrons. The number of benzene rings is 1.